The van der Waals surface area contributed by atoms with Gasteiger partial charge in [0.25, 0.3) is 0 Å². The van der Waals surface area contributed by atoms with E-state index in [1.54, 1.807) is 36.4 Å². The lowest BCUT2D eigenvalue weighted by molar-refractivity contribution is 0.0697. The average molecular weight is 266 g/mol. The van der Waals surface area contributed by atoms with Crippen molar-refractivity contribution in [2.24, 2.45) is 0 Å². The van der Waals surface area contributed by atoms with Gasteiger partial charge in [0, 0.05) is 0 Å². The van der Waals surface area contributed by atoms with Crippen LogP contribution in [-0.4, -0.2) is 11.1 Å². The van der Waals surface area contributed by atoms with Crippen LogP contribution in [0.1, 0.15) is 10.4 Å². The van der Waals surface area contributed by atoms with Gasteiger partial charge in [-0.2, -0.15) is 0 Å². The molecule has 0 saturated heterocycles. The molecule has 3 rings (SSSR count). The number of carboxylic acid groups (broad SMARTS) is 1. The van der Waals surface area contributed by atoms with Gasteiger partial charge in [-0.3, -0.25) is 4.79 Å². The molecule has 0 aliphatic rings. The molecule has 0 radical (unpaired) electrons. The minimum atomic E-state index is -0.998. The fraction of sp³-hybridized carbons (Fsp3) is 0. The molecule has 2 aromatic carbocycles. The van der Waals surface area contributed by atoms with E-state index in [2.05, 4.69) is 0 Å². The number of carbonyl (C=O) groups is 1. The first-order valence-corrected chi connectivity index (χ1v) is 6.01. The smallest absolute Gasteiger partial charge is 0.335 e. The Morgan fingerprint density at radius 3 is 2.40 bits per heavy atom. The van der Waals surface area contributed by atoms with E-state index in [4.69, 9.17) is 9.52 Å². The third-order valence-corrected chi connectivity index (χ3v) is 3.12. The van der Waals surface area contributed by atoms with Crippen molar-refractivity contribution in [3.63, 3.8) is 0 Å². The molecule has 3 aromatic rings. The van der Waals surface area contributed by atoms with Crippen molar-refractivity contribution in [2.45, 2.75) is 0 Å². The maximum atomic E-state index is 12.4. The van der Waals surface area contributed by atoms with Gasteiger partial charge in [-0.25, -0.2) is 4.79 Å². The largest absolute Gasteiger partial charge is 0.478 e. The SMILES string of the molecule is O=C(O)c1ccc(-c2coc3ccccc3c2=O)cc1. The van der Waals surface area contributed by atoms with Crippen LogP contribution >= 0.6 is 0 Å². The molecule has 20 heavy (non-hydrogen) atoms. The number of hydrogen-bond acceptors (Lipinski definition) is 3. The van der Waals surface area contributed by atoms with Crippen LogP contribution in [0.5, 0.6) is 0 Å². The third kappa shape index (κ3) is 1.97. The summed E-state index contributed by atoms with van der Waals surface area (Å²) >= 11 is 0. The summed E-state index contributed by atoms with van der Waals surface area (Å²) in [5.41, 5.74) is 1.63. The second-order valence-electron chi connectivity index (χ2n) is 4.36. The second-order valence-corrected chi connectivity index (χ2v) is 4.36. The minimum absolute atomic E-state index is 0.130. The summed E-state index contributed by atoms with van der Waals surface area (Å²) in [7, 11) is 0. The second kappa shape index (κ2) is 4.66. The lowest BCUT2D eigenvalue weighted by atomic mass is 10.0. The van der Waals surface area contributed by atoms with E-state index in [1.807, 2.05) is 0 Å². The Morgan fingerprint density at radius 1 is 1.00 bits per heavy atom. The number of rotatable bonds is 2. The van der Waals surface area contributed by atoms with Gasteiger partial charge < -0.3 is 9.52 Å². The third-order valence-electron chi connectivity index (χ3n) is 3.12. The molecule has 0 atom stereocenters. The number of carboxylic acids is 1. The van der Waals surface area contributed by atoms with E-state index < -0.39 is 5.97 Å². The van der Waals surface area contributed by atoms with Gasteiger partial charge in [0.05, 0.1) is 16.5 Å². The van der Waals surface area contributed by atoms with Crippen molar-refractivity contribution in [3.05, 3.63) is 70.6 Å². The maximum Gasteiger partial charge on any atom is 0.335 e. The predicted octanol–water partition coefficient (Wildman–Crippen LogP) is 3.16. The highest BCUT2D eigenvalue weighted by molar-refractivity contribution is 5.88. The first kappa shape index (κ1) is 12.2. The number of fused-ring (bicyclic) bond motifs is 1. The first-order chi connectivity index (χ1) is 9.66. The van der Waals surface area contributed by atoms with E-state index in [0.29, 0.717) is 22.1 Å². The summed E-state index contributed by atoms with van der Waals surface area (Å²) in [6, 6.07) is 13.1. The molecule has 4 nitrogen and oxygen atoms in total. The molecule has 0 saturated carbocycles. The Hall–Kier alpha value is -2.88. The summed E-state index contributed by atoms with van der Waals surface area (Å²) in [5, 5.41) is 9.37. The van der Waals surface area contributed by atoms with Gasteiger partial charge in [-0.1, -0.05) is 24.3 Å². The van der Waals surface area contributed by atoms with Gasteiger partial charge in [-0.15, -0.1) is 0 Å². The summed E-state index contributed by atoms with van der Waals surface area (Å²) in [6.45, 7) is 0. The lowest BCUT2D eigenvalue weighted by Gasteiger charge is -2.03. The zero-order chi connectivity index (χ0) is 14.1. The molecule has 1 aromatic heterocycles. The van der Waals surface area contributed by atoms with E-state index in [0.717, 1.165) is 0 Å². The number of para-hydroxylation sites is 1. The van der Waals surface area contributed by atoms with Crippen molar-refractivity contribution < 1.29 is 14.3 Å². The molecule has 0 amide bonds. The highest BCUT2D eigenvalue weighted by Crippen LogP contribution is 2.20. The van der Waals surface area contributed by atoms with Crippen LogP contribution in [0.4, 0.5) is 0 Å². The number of aromatic carboxylic acids is 1. The monoisotopic (exact) mass is 266 g/mol. The molecule has 98 valence electrons. The Balaban J connectivity index is 2.17. The van der Waals surface area contributed by atoms with Crippen LogP contribution in [-0.2, 0) is 0 Å². The molecule has 4 heteroatoms. The molecular weight excluding hydrogens is 256 g/mol. The van der Waals surface area contributed by atoms with Crippen molar-refractivity contribution >= 4 is 16.9 Å². The molecule has 0 aliphatic heterocycles. The van der Waals surface area contributed by atoms with Crippen LogP contribution in [0.2, 0.25) is 0 Å². The van der Waals surface area contributed by atoms with Crippen LogP contribution in [0.25, 0.3) is 22.1 Å². The van der Waals surface area contributed by atoms with Gasteiger partial charge in [0.15, 0.2) is 5.43 Å². The van der Waals surface area contributed by atoms with E-state index in [1.165, 1.54) is 18.4 Å². The summed E-state index contributed by atoms with van der Waals surface area (Å²) < 4.78 is 5.44. The van der Waals surface area contributed by atoms with E-state index in [9.17, 15) is 9.59 Å². The Labute approximate surface area is 113 Å². The minimum Gasteiger partial charge on any atom is -0.478 e. The lowest BCUT2D eigenvalue weighted by Crippen LogP contribution is -2.04. The van der Waals surface area contributed by atoms with E-state index >= 15 is 0 Å². The summed E-state index contributed by atoms with van der Waals surface area (Å²) in [5.74, 6) is -0.998. The summed E-state index contributed by atoms with van der Waals surface area (Å²) in [4.78, 5) is 23.2. The fourth-order valence-electron chi connectivity index (χ4n) is 2.07. The first-order valence-electron chi connectivity index (χ1n) is 6.01. The Kier molecular flexibility index (Phi) is 2.84. The molecule has 0 fully saturated rings. The molecular formula is C16H10O4. The number of benzene rings is 2. The molecule has 1 heterocycles. The van der Waals surface area contributed by atoms with Gasteiger partial charge in [-0.05, 0) is 29.8 Å². The normalized spacial score (nSPS) is 10.6. The highest BCUT2D eigenvalue weighted by atomic mass is 16.4. The average Bonchev–Trinajstić information content (AvgIpc) is 2.48. The van der Waals surface area contributed by atoms with Crippen LogP contribution < -0.4 is 5.43 Å². The van der Waals surface area contributed by atoms with Crippen molar-refractivity contribution in [3.8, 4) is 11.1 Å². The van der Waals surface area contributed by atoms with Crippen molar-refractivity contribution in [1.29, 1.82) is 0 Å². The zero-order valence-electron chi connectivity index (χ0n) is 10.4. The van der Waals surface area contributed by atoms with Crippen molar-refractivity contribution in [1.82, 2.24) is 0 Å². The van der Waals surface area contributed by atoms with Gasteiger partial charge in [0.1, 0.15) is 11.8 Å². The van der Waals surface area contributed by atoms with Gasteiger partial charge in [0.2, 0.25) is 0 Å². The van der Waals surface area contributed by atoms with Crippen LogP contribution in [0.3, 0.4) is 0 Å². The van der Waals surface area contributed by atoms with E-state index in [-0.39, 0.29) is 11.0 Å². The van der Waals surface area contributed by atoms with Crippen LogP contribution in [0.15, 0.2) is 64.0 Å². The highest BCUT2D eigenvalue weighted by Gasteiger charge is 2.09. The van der Waals surface area contributed by atoms with Crippen LogP contribution in [0, 0.1) is 0 Å². The quantitative estimate of drug-likeness (QED) is 0.773. The molecule has 0 spiro atoms. The molecule has 0 aliphatic carbocycles. The number of hydrogen-bond donors (Lipinski definition) is 1. The molecule has 1 N–H and O–H groups in total. The standard InChI is InChI=1S/C16H10O4/c17-15-12-3-1-2-4-14(12)20-9-13(15)10-5-7-11(8-6-10)16(18)19/h1-9H,(H,18,19). The summed E-state index contributed by atoms with van der Waals surface area (Å²) in [6.07, 6.45) is 1.40. The van der Waals surface area contributed by atoms with Crippen molar-refractivity contribution in [2.75, 3.05) is 0 Å². The zero-order valence-corrected chi connectivity index (χ0v) is 10.4. The Morgan fingerprint density at radius 2 is 1.70 bits per heavy atom. The Bertz CT molecular complexity index is 844. The topological polar surface area (TPSA) is 67.5 Å². The molecule has 0 unspecified atom stereocenters. The van der Waals surface area contributed by atoms with Gasteiger partial charge >= 0.3 is 5.97 Å². The fourth-order valence-corrected chi connectivity index (χ4v) is 2.07. The molecule has 0 bridgehead atoms. The maximum absolute atomic E-state index is 12.4. The predicted molar refractivity (Wildman–Crippen MR) is 74.9 cm³/mol.